The van der Waals surface area contributed by atoms with E-state index in [1.807, 2.05) is 0 Å². The van der Waals surface area contributed by atoms with Gasteiger partial charge < -0.3 is 14.6 Å². The molecule has 0 radical (unpaired) electrons. The zero-order valence-electron chi connectivity index (χ0n) is 13.6. The molecule has 0 bridgehead atoms. The van der Waals surface area contributed by atoms with Gasteiger partial charge in [0, 0.05) is 5.69 Å². The highest BCUT2D eigenvalue weighted by molar-refractivity contribution is 7.99. The van der Waals surface area contributed by atoms with Gasteiger partial charge in [0.05, 0.1) is 11.0 Å². The van der Waals surface area contributed by atoms with Crippen molar-refractivity contribution in [3.8, 4) is 5.75 Å². The number of benzene rings is 2. The molecular formula is C17H13F4N3O2S. The smallest absolute Gasteiger partial charge is 0.387 e. The summed E-state index contributed by atoms with van der Waals surface area (Å²) < 4.78 is 55.5. The molecule has 0 saturated carbocycles. The van der Waals surface area contributed by atoms with Gasteiger partial charge in [-0.3, -0.25) is 4.79 Å². The highest BCUT2D eigenvalue weighted by atomic mass is 32.2. The summed E-state index contributed by atoms with van der Waals surface area (Å²) in [6.07, 6.45) is 0. The number of carbonyl (C=O) groups excluding carboxylic acids is 1. The van der Waals surface area contributed by atoms with E-state index in [4.69, 9.17) is 0 Å². The number of fused-ring (bicyclic) bond motifs is 1. The normalized spacial score (nSPS) is 11.3. The highest BCUT2D eigenvalue weighted by Gasteiger charge is 2.18. The maximum atomic E-state index is 12.8. The summed E-state index contributed by atoms with van der Waals surface area (Å²) in [4.78, 5) is 16.4. The number of nitrogens with one attached hydrogen (secondary N) is 1. The Kier molecular flexibility index (Phi) is 5.84. The lowest BCUT2D eigenvalue weighted by molar-refractivity contribution is -0.116. The molecule has 5 nitrogen and oxygen atoms in total. The van der Waals surface area contributed by atoms with Crippen molar-refractivity contribution in [3.05, 3.63) is 48.5 Å². The molecule has 142 valence electrons. The van der Waals surface area contributed by atoms with Crippen LogP contribution in [-0.2, 0) is 11.3 Å². The van der Waals surface area contributed by atoms with Crippen LogP contribution in [0.25, 0.3) is 11.0 Å². The zero-order chi connectivity index (χ0) is 19.4. The van der Waals surface area contributed by atoms with Gasteiger partial charge in [-0.25, -0.2) is 4.98 Å². The van der Waals surface area contributed by atoms with Crippen molar-refractivity contribution in [1.29, 1.82) is 0 Å². The SMILES string of the molecule is O=C(Cn1c(SC(F)F)nc2ccccc21)Nc1ccc(OC(F)F)cc1. The first-order valence-electron chi connectivity index (χ1n) is 7.67. The molecule has 1 heterocycles. The lowest BCUT2D eigenvalue weighted by Gasteiger charge is -2.10. The van der Waals surface area contributed by atoms with Crippen molar-refractivity contribution in [2.75, 3.05) is 5.32 Å². The number of aromatic nitrogens is 2. The van der Waals surface area contributed by atoms with Crippen LogP contribution in [0, 0.1) is 0 Å². The zero-order valence-corrected chi connectivity index (χ0v) is 14.4. The summed E-state index contributed by atoms with van der Waals surface area (Å²) in [5.74, 6) is -3.19. The van der Waals surface area contributed by atoms with Crippen molar-refractivity contribution in [1.82, 2.24) is 9.55 Å². The number of rotatable bonds is 7. The van der Waals surface area contributed by atoms with Crippen LogP contribution >= 0.6 is 11.8 Å². The second kappa shape index (κ2) is 8.30. The quantitative estimate of drug-likeness (QED) is 0.466. The van der Waals surface area contributed by atoms with Gasteiger partial charge >= 0.3 is 6.61 Å². The van der Waals surface area contributed by atoms with E-state index in [1.54, 1.807) is 24.3 Å². The van der Waals surface area contributed by atoms with Crippen LogP contribution in [0.3, 0.4) is 0 Å². The minimum atomic E-state index is -2.94. The Morgan fingerprint density at radius 1 is 1.11 bits per heavy atom. The number of amides is 1. The number of anilines is 1. The molecule has 1 aromatic heterocycles. The molecule has 0 aliphatic heterocycles. The number of ether oxygens (including phenoxy) is 1. The number of nitrogens with zero attached hydrogens (tertiary/aromatic N) is 2. The van der Waals surface area contributed by atoms with Gasteiger partial charge in [-0.2, -0.15) is 17.6 Å². The van der Waals surface area contributed by atoms with Gasteiger partial charge in [0.2, 0.25) is 5.91 Å². The van der Waals surface area contributed by atoms with Gasteiger partial charge in [-0.15, -0.1) is 0 Å². The van der Waals surface area contributed by atoms with E-state index in [9.17, 15) is 22.4 Å². The molecule has 3 rings (SSSR count). The van der Waals surface area contributed by atoms with Gasteiger partial charge in [0.25, 0.3) is 5.76 Å². The molecule has 0 spiro atoms. The van der Waals surface area contributed by atoms with Crippen molar-refractivity contribution in [2.45, 2.75) is 24.1 Å². The lowest BCUT2D eigenvalue weighted by atomic mass is 10.3. The molecule has 0 saturated heterocycles. The largest absolute Gasteiger partial charge is 0.435 e. The van der Waals surface area contributed by atoms with Crippen molar-refractivity contribution in [2.24, 2.45) is 0 Å². The average Bonchev–Trinajstić information content (AvgIpc) is 2.93. The molecule has 0 fully saturated rings. The summed E-state index contributed by atoms with van der Waals surface area (Å²) in [6, 6.07) is 12.2. The second-order valence-corrected chi connectivity index (χ2v) is 6.26. The summed E-state index contributed by atoms with van der Waals surface area (Å²) in [7, 11) is 0. The number of thioether (sulfide) groups is 1. The van der Waals surface area contributed by atoms with Crippen LogP contribution in [0.15, 0.2) is 53.7 Å². The Balaban J connectivity index is 1.75. The molecule has 0 atom stereocenters. The Labute approximate surface area is 155 Å². The van der Waals surface area contributed by atoms with Crippen molar-refractivity contribution in [3.63, 3.8) is 0 Å². The van der Waals surface area contributed by atoms with Gasteiger partial charge in [0.1, 0.15) is 12.3 Å². The van der Waals surface area contributed by atoms with Crippen molar-refractivity contribution < 1.29 is 27.1 Å². The molecule has 0 aliphatic rings. The van der Waals surface area contributed by atoms with Crippen molar-refractivity contribution >= 4 is 34.4 Å². The van der Waals surface area contributed by atoms with Crippen LogP contribution in [0.5, 0.6) is 5.75 Å². The fraction of sp³-hybridized carbons (Fsp3) is 0.176. The first kappa shape index (κ1) is 19.0. The molecule has 1 amide bonds. The minimum Gasteiger partial charge on any atom is -0.435 e. The van der Waals surface area contributed by atoms with Crippen LogP contribution in [-0.4, -0.2) is 27.8 Å². The predicted molar refractivity (Wildman–Crippen MR) is 93.3 cm³/mol. The molecule has 0 unspecified atom stereocenters. The fourth-order valence-corrected chi connectivity index (χ4v) is 3.04. The number of carbonyl (C=O) groups is 1. The molecule has 0 aliphatic carbocycles. The average molecular weight is 399 g/mol. The number of imidazole rings is 1. The predicted octanol–water partition coefficient (Wildman–Crippen LogP) is 4.59. The topological polar surface area (TPSA) is 56.2 Å². The maximum absolute atomic E-state index is 12.8. The molecule has 2 aromatic carbocycles. The first-order valence-corrected chi connectivity index (χ1v) is 8.55. The maximum Gasteiger partial charge on any atom is 0.387 e. The van der Waals surface area contributed by atoms with E-state index in [0.717, 1.165) is 0 Å². The van der Waals surface area contributed by atoms with Crippen LogP contribution in [0.4, 0.5) is 23.2 Å². The summed E-state index contributed by atoms with van der Waals surface area (Å²) in [6.45, 7) is -3.17. The monoisotopic (exact) mass is 399 g/mol. The van der Waals surface area contributed by atoms with E-state index >= 15 is 0 Å². The summed E-state index contributed by atoms with van der Waals surface area (Å²) in [5, 5.41) is 2.61. The number of para-hydroxylation sites is 2. The number of alkyl halides is 4. The minimum absolute atomic E-state index is 0.0297. The third kappa shape index (κ3) is 4.91. The van der Waals surface area contributed by atoms with E-state index in [0.29, 0.717) is 16.7 Å². The number of halogens is 4. The summed E-state index contributed by atoms with van der Waals surface area (Å²) in [5.41, 5.74) is 1.41. The molecule has 1 N–H and O–H groups in total. The molecular weight excluding hydrogens is 386 g/mol. The Morgan fingerprint density at radius 2 is 1.81 bits per heavy atom. The van der Waals surface area contributed by atoms with Crippen LogP contribution < -0.4 is 10.1 Å². The first-order chi connectivity index (χ1) is 12.9. The van der Waals surface area contributed by atoms with Crippen LogP contribution in [0.2, 0.25) is 0 Å². The van der Waals surface area contributed by atoms with Crippen LogP contribution in [0.1, 0.15) is 0 Å². The third-order valence-corrected chi connectivity index (χ3v) is 4.18. The van der Waals surface area contributed by atoms with E-state index in [-0.39, 0.29) is 29.2 Å². The Morgan fingerprint density at radius 3 is 2.48 bits per heavy atom. The number of hydrogen-bond donors (Lipinski definition) is 1. The van der Waals surface area contributed by atoms with Gasteiger partial charge in [0.15, 0.2) is 5.16 Å². The molecule has 3 aromatic rings. The summed E-state index contributed by atoms with van der Waals surface area (Å²) >= 11 is 0.258. The highest BCUT2D eigenvalue weighted by Crippen LogP contribution is 2.28. The Hall–Kier alpha value is -2.75. The van der Waals surface area contributed by atoms with E-state index in [2.05, 4.69) is 15.0 Å². The fourth-order valence-electron chi connectivity index (χ4n) is 2.44. The standard InChI is InChI=1S/C17H13F4N3O2S/c18-15(19)26-11-7-5-10(6-8-11)22-14(25)9-24-13-4-2-1-3-12(13)23-17(24)27-16(20)21/h1-8,15-16H,9H2,(H,22,25). The lowest BCUT2D eigenvalue weighted by Crippen LogP contribution is -2.19. The molecule has 10 heteroatoms. The molecule has 27 heavy (non-hydrogen) atoms. The van der Waals surface area contributed by atoms with E-state index in [1.165, 1.54) is 28.8 Å². The van der Waals surface area contributed by atoms with Gasteiger partial charge in [-0.05, 0) is 48.2 Å². The van der Waals surface area contributed by atoms with E-state index < -0.39 is 18.3 Å². The second-order valence-electron chi connectivity index (χ2n) is 5.30. The Bertz CT molecular complexity index is 932. The third-order valence-electron chi connectivity index (χ3n) is 3.48. The number of hydrogen-bond acceptors (Lipinski definition) is 4. The van der Waals surface area contributed by atoms with Gasteiger partial charge in [-0.1, -0.05) is 12.1 Å².